The fraction of sp³-hybridized carbons (Fsp3) is 0.714. The van der Waals surface area contributed by atoms with E-state index >= 15 is 0 Å². The second-order valence-electron chi connectivity index (χ2n) is 6.11. The average molecular weight is 235 g/mol. The van der Waals surface area contributed by atoms with E-state index in [1.54, 1.807) is 6.26 Å². The summed E-state index contributed by atoms with van der Waals surface area (Å²) in [6, 6.07) is 3.88. The van der Waals surface area contributed by atoms with E-state index in [1.807, 2.05) is 12.1 Å². The van der Waals surface area contributed by atoms with Crippen LogP contribution in [0.3, 0.4) is 0 Å². The second kappa shape index (κ2) is 3.59. The monoisotopic (exact) mass is 235 g/mol. The van der Waals surface area contributed by atoms with Crippen molar-refractivity contribution in [1.82, 2.24) is 5.32 Å². The largest absolute Gasteiger partial charge is 0.468 e. The fourth-order valence-electron chi connectivity index (χ4n) is 4.02. The summed E-state index contributed by atoms with van der Waals surface area (Å²) in [5.41, 5.74) is 0.0590. The molecule has 17 heavy (non-hydrogen) atoms. The van der Waals surface area contributed by atoms with Crippen LogP contribution in [0.5, 0.6) is 0 Å². The Kier molecular flexibility index (Phi) is 2.39. The number of fused-ring (bicyclic) bond motifs is 2. The van der Waals surface area contributed by atoms with Crippen molar-refractivity contribution in [2.24, 2.45) is 11.3 Å². The molecule has 0 spiro atoms. The van der Waals surface area contributed by atoms with Gasteiger partial charge in [0, 0.05) is 0 Å². The van der Waals surface area contributed by atoms with Crippen LogP contribution in [0.15, 0.2) is 22.8 Å². The minimum Gasteiger partial charge on any atom is -0.468 e. The van der Waals surface area contributed by atoms with Crippen LogP contribution in [0.4, 0.5) is 0 Å². The number of furan rings is 1. The lowest BCUT2D eigenvalue weighted by Crippen LogP contribution is -2.57. The van der Waals surface area contributed by atoms with Crippen LogP contribution >= 0.6 is 0 Å². The number of nitrogens with one attached hydrogen (secondary N) is 1. The van der Waals surface area contributed by atoms with Crippen molar-refractivity contribution >= 4 is 0 Å². The molecule has 0 radical (unpaired) electrons. The first-order valence-corrected chi connectivity index (χ1v) is 6.52. The van der Waals surface area contributed by atoms with Crippen molar-refractivity contribution in [1.29, 1.82) is 0 Å². The van der Waals surface area contributed by atoms with E-state index in [0.717, 1.165) is 18.6 Å². The van der Waals surface area contributed by atoms with Gasteiger partial charge in [-0.2, -0.15) is 0 Å². The molecule has 2 aliphatic rings. The third-order valence-corrected chi connectivity index (χ3v) is 5.29. The van der Waals surface area contributed by atoms with Crippen molar-refractivity contribution in [3.05, 3.63) is 24.2 Å². The van der Waals surface area contributed by atoms with Gasteiger partial charge >= 0.3 is 0 Å². The summed E-state index contributed by atoms with van der Waals surface area (Å²) < 4.78 is 5.36. The Morgan fingerprint density at radius 2 is 2.35 bits per heavy atom. The van der Waals surface area contributed by atoms with Crippen molar-refractivity contribution in [3.8, 4) is 0 Å². The molecule has 1 aromatic heterocycles. The van der Waals surface area contributed by atoms with E-state index in [4.69, 9.17) is 4.42 Å². The number of hydrogen-bond acceptors (Lipinski definition) is 3. The number of hydrogen-bond donors (Lipinski definition) is 2. The van der Waals surface area contributed by atoms with E-state index in [1.165, 1.54) is 6.42 Å². The van der Waals surface area contributed by atoms with Gasteiger partial charge < -0.3 is 14.8 Å². The zero-order chi connectivity index (χ0) is 12.1. The molecule has 3 atom stereocenters. The van der Waals surface area contributed by atoms with Gasteiger partial charge in [-0.1, -0.05) is 13.8 Å². The third-order valence-electron chi connectivity index (χ3n) is 5.29. The first kappa shape index (κ1) is 11.3. The van der Waals surface area contributed by atoms with E-state index in [2.05, 4.69) is 19.2 Å². The molecule has 2 fully saturated rings. The number of aliphatic hydroxyl groups is 1. The topological polar surface area (TPSA) is 45.4 Å². The lowest BCUT2D eigenvalue weighted by molar-refractivity contribution is 0.0354. The zero-order valence-corrected chi connectivity index (χ0v) is 10.6. The first-order chi connectivity index (χ1) is 8.06. The molecule has 3 rings (SSSR count). The third kappa shape index (κ3) is 1.42. The highest BCUT2D eigenvalue weighted by Gasteiger charge is 2.63. The molecule has 0 saturated heterocycles. The molecule has 2 bridgehead atoms. The number of aliphatic hydroxyl groups excluding tert-OH is 1. The molecule has 0 amide bonds. The predicted octanol–water partition coefficient (Wildman–Crippen LogP) is 2.31. The van der Waals surface area contributed by atoms with Gasteiger partial charge in [-0.05, 0) is 42.7 Å². The molecule has 0 aliphatic heterocycles. The Bertz CT molecular complexity index is 398. The van der Waals surface area contributed by atoms with Crippen LogP contribution in [-0.4, -0.2) is 16.7 Å². The van der Waals surface area contributed by atoms with Crippen molar-refractivity contribution in [2.75, 3.05) is 0 Å². The highest BCUT2D eigenvalue weighted by atomic mass is 16.3. The van der Waals surface area contributed by atoms with Crippen molar-refractivity contribution < 1.29 is 9.52 Å². The molecule has 2 N–H and O–H groups in total. The summed E-state index contributed by atoms with van der Waals surface area (Å²) in [7, 11) is 0. The van der Waals surface area contributed by atoms with E-state index in [0.29, 0.717) is 12.5 Å². The lowest BCUT2D eigenvalue weighted by atomic mass is 9.75. The minimum absolute atomic E-state index is 0.121. The normalized spacial score (nSPS) is 38.8. The molecule has 1 aromatic rings. The van der Waals surface area contributed by atoms with Crippen LogP contribution in [-0.2, 0) is 6.54 Å². The van der Waals surface area contributed by atoms with Crippen LogP contribution < -0.4 is 5.32 Å². The van der Waals surface area contributed by atoms with Gasteiger partial charge in [-0.25, -0.2) is 0 Å². The summed E-state index contributed by atoms with van der Waals surface area (Å²) in [6.07, 6.45) is 4.73. The zero-order valence-electron chi connectivity index (χ0n) is 10.6. The van der Waals surface area contributed by atoms with Crippen molar-refractivity contribution in [2.45, 2.75) is 51.3 Å². The Hall–Kier alpha value is -0.800. The molecule has 2 unspecified atom stereocenters. The van der Waals surface area contributed by atoms with E-state index in [-0.39, 0.29) is 17.1 Å². The maximum absolute atomic E-state index is 10.3. The van der Waals surface area contributed by atoms with Gasteiger partial charge in [0.25, 0.3) is 0 Å². The highest BCUT2D eigenvalue weighted by Crippen LogP contribution is 2.60. The van der Waals surface area contributed by atoms with E-state index < -0.39 is 0 Å². The maximum Gasteiger partial charge on any atom is 0.117 e. The number of rotatable bonds is 3. The van der Waals surface area contributed by atoms with Crippen LogP contribution in [0.2, 0.25) is 0 Å². The van der Waals surface area contributed by atoms with Crippen LogP contribution in [0.1, 0.15) is 38.9 Å². The minimum atomic E-state index is -0.216. The highest BCUT2D eigenvalue weighted by molar-refractivity contribution is 5.19. The summed E-state index contributed by atoms with van der Waals surface area (Å²) >= 11 is 0. The Labute approximate surface area is 102 Å². The second-order valence-corrected chi connectivity index (χ2v) is 6.11. The molecule has 2 aliphatic carbocycles. The van der Waals surface area contributed by atoms with Gasteiger partial charge in [-0.3, -0.25) is 0 Å². The van der Waals surface area contributed by atoms with Gasteiger partial charge in [0.05, 0.1) is 24.5 Å². The SMILES string of the molecule is CC1(C)C2CCC1(NCc1ccco1)[C@H](O)C2. The molecule has 0 aromatic carbocycles. The van der Waals surface area contributed by atoms with Gasteiger partial charge in [0.1, 0.15) is 5.76 Å². The average Bonchev–Trinajstić information content (AvgIpc) is 2.91. The Balaban J connectivity index is 1.80. The van der Waals surface area contributed by atoms with Crippen LogP contribution in [0, 0.1) is 11.3 Å². The molecule has 2 saturated carbocycles. The fourth-order valence-corrected chi connectivity index (χ4v) is 4.02. The quantitative estimate of drug-likeness (QED) is 0.845. The van der Waals surface area contributed by atoms with Crippen molar-refractivity contribution in [3.63, 3.8) is 0 Å². The van der Waals surface area contributed by atoms with Gasteiger partial charge in [0.2, 0.25) is 0 Å². The summed E-state index contributed by atoms with van der Waals surface area (Å²) in [6.45, 7) is 5.28. The summed E-state index contributed by atoms with van der Waals surface area (Å²) in [5.74, 6) is 1.60. The molecule has 3 heteroatoms. The lowest BCUT2D eigenvalue weighted by Gasteiger charge is -2.41. The summed E-state index contributed by atoms with van der Waals surface area (Å²) in [5, 5.41) is 13.9. The van der Waals surface area contributed by atoms with Crippen LogP contribution in [0.25, 0.3) is 0 Å². The molecule has 3 nitrogen and oxygen atoms in total. The predicted molar refractivity (Wildman–Crippen MR) is 65.4 cm³/mol. The standard InChI is InChI=1S/C14H21NO2/c1-13(2)10-5-6-14(13,12(16)8-10)15-9-11-4-3-7-17-11/h3-4,7,10,12,15-16H,5-6,8-9H2,1-2H3/t10?,12-,14?/m1/s1. The molecular weight excluding hydrogens is 214 g/mol. The molecule has 94 valence electrons. The Morgan fingerprint density at radius 3 is 2.88 bits per heavy atom. The smallest absolute Gasteiger partial charge is 0.117 e. The van der Waals surface area contributed by atoms with Gasteiger partial charge in [0.15, 0.2) is 0 Å². The first-order valence-electron chi connectivity index (χ1n) is 6.52. The molecule has 1 heterocycles. The van der Waals surface area contributed by atoms with Gasteiger partial charge in [-0.15, -0.1) is 0 Å². The maximum atomic E-state index is 10.3. The summed E-state index contributed by atoms with van der Waals surface area (Å²) in [4.78, 5) is 0. The Morgan fingerprint density at radius 1 is 1.53 bits per heavy atom. The molecular formula is C14H21NO2. The van der Waals surface area contributed by atoms with E-state index in [9.17, 15) is 5.11 Å².